The van der Waals surface area contributed by atoms with Crippen LogP contribution in [-0.2, 0) is 19.4 Å². The van der Waals surface area contributed by atoms with Crippen LogP contribution in [0.2, 0.25) is 0 Å². The number of nitrogens with one attached hydrogen (secondary N) is 1. The first kappa shape index (κ1) is 14.3. The molecule has 0 saturated heterocycles. The maximum Gasteiger partial charge on any atom is 0.329 e. The molecule has 0 aromatic rings. The average molecular weight is 289 g/mol. The number of rotatable bonds is 6. The van der Waals surface area contributed by atoms with E-state index in [9.17, 15) is 18.0 Å². The van der Waals surface area contributed by atoms with Crippen molar-refractivity contribution >= 4 is 21.7 Å². The Morgan fingerprint density at radius 1 is 1.21 bits per heavy atom. The number of carboxylic acids is 1. The zero-order chi connectivity index (χ0) is 14.3. The van der Waals surface area contributed by atoms with Crippen LogP contribution in [0.15, 0.2) is 0 Å². The van der Waals surface area contributed by atoms with Gasteiger partial charge in [-0.25, -0.2) is 13.2 Å². The van der Waals surface area contributed by atoms with Gasteiger partial charge in [0.25, 0.3) is 0 Å². The van der Waals surface area contributed by atoms with Gasteiger partial charge in [-0.2, -0.15) is 0 Å². The predicted octanol–water partition coefficient (Wildman–Crippen LogP) is 0.325. The summed E-state index contributed by atoms with van der Waals surface area (Å²) in [5, 5.41) is 11.7. The molecule has 19 heavy (non-hydrogen) atoms. The van der Waals surface area contributed by atoms with Gasteiger partial charge in [-0.3, -0.25) is 4.79 Å². The van der Waals surface area contributed by atoms with Crippen LogP contribution in [0.1, 0.15) is 38.5 Å². The van der Waals surface area contributed by atoms with Gasteiger partial charge in [0.15, 0.2) is 0 Å². The fourth-order valence-electron chi connectivity index (χ4n) is 2.68. The lowest BCUT2D eigenvalue weighted by molar-refractivity contribution is -0.152. The Morgan fingerprint density at radius 3 is 2.11 bits per heavy atom. The molecule has 0 unspecified atom stereocenters. The Labute approximate surface area is 112 Å². The number of carbonyl (C=O) groups excluding carboxylic acids is 1. The number of carbonyl (C=O) groups is 2. The van der Waals surface area contributed by atoms with Gasteiger partial charge in [-0.15, -0.1) is 0 Å². The Balaban J connectivity index is 1.93. The van der Waals surface area contributed by atoms with Crippen molar-refractivity contribution in [3.05, 3.63) is 0 Å². The van der Waals surface area contributed by atoms with Crippen molar-refractivity contribution in [1.29, 1.82) is 0 Å². The van der Waals surface area contributed by atoms with E-state index in [1.807, 2.05) is 0 Å². The van der Waals surface area contributed by atoms with Crippen LogP contribution in [0.5, 0.6) is 0 Å². The van der Waals surface area contributed by atoms with Gasteiger partial charge >= 0.3 is 5.97 Å². The van der Waals surface area contributed by atoms with E-state index < -0.39 is 26.8 Å². The molecule has 6 nitrogen and oxygen atoms in total. The van der Waals surface area contributed by atoms with Crippen LogP contribution in [0.25, 0.3) is 0 Å². The van der Waals surface area contributed by atoms with Crippen molar-refractivity contribution in [3.63, 3.8) is 0 Å². The van der Waals surface area contributed by atoms with Crippen LogP contribution in [0.3, 0.4) is 0 Å². The number of amides is 1. The second-order valence-electron chi connectivity index (χ2n) is 6.04. The van der Waals surface area contributed by atoms with Gasteiger partial charge in [0.2, 0.25) is 5.91 Å². The number of sulfone groups is 1. The average Bonchev–Trinajstić information content (AvgIpc) is 2.87. The predicted molar refractivity (Wildman–Crippen MR) is 68.4 cm³/mol. The van der Waals surface area contributed by atoms with E-state index in [2.05, 4.69) is 5.32 Å². The highest BCUT2D eigenvalue weighted by Gasteiger charge is 2.50. The smallest absolute Gasteiger partial charge is 0.329 e. The summed E-state index contributed by atoms with van der Waals surface area (Å²) in [6.45, 7) is 0. The molecule has 108 valence electrons. The summed E-state index contributed by atoms with van der Waals surface area (Å²) < 4.78 is 22.6. The molecule has 0 aromatic heterocycles. The topological polar surface area (TPSA) is 101 Å². The molecule has 2 fully saturated rings. The molecule has 0 heterocycles. The largest absolute Gasteiger partial charge is 0.480 e. The third-order valence-corrected chi connectivity index (χ3v) is 5.19. The maximum atomic E-state index is 11.9. The van der Waals surface area contributed by atoms with E-state index in [0.717, 1.165) is 12.7 Å². The Morgan fingerprint density at radius 2 is 1.79 bits per heavy atom. The first-order valence-electron chi connectivity index (χ1n) is 6.39. The molecule has 0 atom stereocenters. The van der Waals surface area contributed by atoms with Gasteiger partial charge in [0, 0.05) is 12.7 Å². The van der Waals surface area contributed by atoms with Crippen LogP contribution < -0.4 is 5.32 Å². The lowest BCUT2D eigenvalue weighted by atomic mass is 9.76. The normalized spacial score (nSPS) is 23.2. The standard InChI is InChI=1S/C12H19NO5S/c1-19(17,18)8-11(5-6-11)7-9(14)13-12(10(15)16)3-2-4-12/h2-8H2,1H3,(H,13,14)(H,15,16). The van der Waals surface area contributed by atoms with E-state index >= 15 is 0 Å². The van der Waals surface area contributed by atoms with E-state index in [1.54, 1.807) is 0 Å². The number of carboxylic acid groups (broad SMARTS) is 1. The molecule has 2 N–H and O–H groups in total. The van der Waals surface area contributed by atoms with Crippen LogP contribution in [-0.4, -0.2) is 42.9 Å². The number of aliphatic carboxylic acids is 1. The number of hydrogen-bond donors (Lipinski definition) is 2. The molecule has 2 aliphatic rings. The first-order valence-corrected chi connectivity index (χ1v) is 8.45. The number of hydrogen-bond acceptors (Lipinski definition) is 4. The van der Waals surface area contributed by atoms with Crippen molar-refractivity contribution in [2.45, 2.75) is 44.1 Å². The molecule has 0 bridgehead atoms. The second kappa shape index (κ2) is 4.47. The van der Waals surface area contributed by atoms with Crippen molar-refractivity contribution in [2.75, 3.05) is 12.0 Å². The zero-order valence-corrected chi connectivity index (χ0v) is 11.8. The minimum absolute atomic E-state index is 0.00743. The monoisotopic (exact) mass is 289 g/mol. The fraction of sp³-hybridized carbons (Fsp3) is 0.833. The van der Waals surface area contributed by atoms with Crippen molar-refractivity contribution < 1.29 is 23.1 Å². The molecule has 2 aliphatic carbocycles. The molecule has 7 heteroatoms. The van der Waals surface area contributed by atoms with E-state index in [0.29, 0.717) is 25.7 Å². The third kappa shape index (κ3) is 3.26. The summed E-state index contributed by atoms with van der Waals surface area (Å²) in [6, 6.07) is 0. The molecule has 2 saturated carbocycles. The molecular formula is C12H19NO5S. The van der Waals surface area contributed by atoms with Crippen LogP contribution in [0.4, 0.5) is 0 Å². The van der Waals surface area contributed by atoms with E-state index in [1.165, 1.54) is 0 Å². The molecule has 2 rings (SSSR count). The van der Waals surface area contributed by atoms with Crippen LogP contribution in [0, 0.1) is 5.41 Å². The van der Waals surface area contributed by atoms with Crippen LogP contribution >= 0.6 is 0 Å². The van der Waals surface area contributed by atoms with E-state index in [-0.39, 0.29) is 18.1 Å². The molecule has 0 radical (unpaired) electrons. The van der Waals surface area contributed by atoms with Crippen molar-refractivity contribution in [1.82, 2.24) is 5.32 Å². The highest BCUT2D eigenvalue weighted by atomic mass is 32.2. The summed E-state index contributed by atoms with van der Waals surface area (Å²) in [5.74, 6) is -1.34. The molecule has 1 amide bonds. The lowest BCUT2D eigenvalue weighted by Crippen LogP contribution is -2.59. The Bertz CT molecular complexity index is 502. The molecule has 0 aliphatic heterocycles. The zero-order valence-electron chi connectivity index (χ0n) is 10.9. The van der Waals surface area contributed by atoms with E-state index in [4.69, 9.17) is 5.11 Å². The lowest BCUT2D eigenvalue weighted by Gasteiger charge is -2.38. The van der Waals surface area contributed by atoms with Gasteiger partial charge in [0.05, 0.1) is 5.75 Å². The molecule has 0 aromatic carbocycles. The van der Waals surface area contributed by atoms with Gasteiger partial charge in [0.1, 0.15) is 15.4 Å². The fourth-order valence-corrected chi connectivity index (χ4v) is 4.18. The summed E-state index contributed by atoms with van der Waals surface area (Å²) in [7, 11) is -3.11. The minimum Gasteiger partial charge on any atom is -0.480 e. The van der Waals surface area contributed by atoms with Crippen molar-refractivity contribution in [3.8, 4) is 0 Å². The van der Waals surface area contributed by atoms with Gasteiger partial charge in [-0.05, 0) is 37.5 Å². The summed E-state index contributed by atoms with van der Waals surface area (Å²) in [4.78, 5) is 23.1. The first-order chi connectivity index (χ1) is 8.67. The Hall–Kier alpha value is -1.11. The summed E-state index contributed by atoms with van der Waals surface area (Å²) >= 11 is 0. The minimum atomic E-state index is -3.11. The highest BCUT2D eigenvalue weighted by Crippen LogP contribution is 2.50. The molecule has 0 spiro atoms. The third-order valence-electron chi connectivity index (χ3n) is 4.06. The Kier molecular flexibility index (Phi) is 3.36. The van der Waals surface area contributed by atoms with Gasteiger partial charge in [-0.1, -0.05) is 0 Å². The van der Waals surface area contributed by atoms with Gasteiger partial charge < -0.3 is 10.4 Å². The molecular weight excluding hydrogens is 270 g/mol. The summed E-state index contributed by atoms with van der Waals surface area (Å²) in [5.41, 5.74) is -1.57. The second-order valence-corrected chi connectivity index (χ2v) is 8.18. The maximum absolute atomic E-state index is 11.9. The summed E-state index contributed by atoms with van der Waals surface area (Å²) in [6.07, 6.45) is 4.40. The SMILES string of the molecule is CS(=O)(=O)CC1(CC(=O)NC2(C(=O)O)CCC2)CC1. The highest BCUT2D eigenvalue weighted by molar-refractivity contribution is 7.90. The quantitative estimate of drug-likeness (QED) is 0.733. The van der Waals surface area contributed by atoms with Crippen molar-refractivity contribution in [2.24, 2.45) is 5.41 Å².